The molecule has 0 unspecified atom stereocenters. The van der Waals surface area contributed by atoms with Gasteiger partial charge in [-0.3, -0.25) is 24.9 Å². The number of halogens is 1. The van der Waals surface area contributed by atoms with Crippen molar-refractivity contribution in [3.8, 4) is 11.1 Å². The summed E-state index contributed by atoms with van der Waals surface area (Å²) >= 11 is 0. The first-order chi connectivity index (χ1) is 20.0. The second-order valence-corrected chi connectivity index (χ2v) is 12.0. The van der Waals surface area contributed by atoms with E-state index >= 15 is 4.39 Å². The van der Waals surface area contributed by atoms with Gasteiger partial charge in [-0.1, -0.05) is 49.3 Å². The lowest BCUT2D eigenvalue weighted by molar-refractivity contribution is -0.128. The number of amides is 3. The highest BCUT2D eigenvalue weighted by Gasteiger charge is 2.50. The molecule has 2 N–H and O–H groups in total. The maximum atomic E-state index is 16.2. The number of likely N-dealkylation sites (tertiary alicyclic amines) is 1. The molecule has 2 aliphatic heterocycles. The van der Waals surface area contributed by atoms with E-state index in [2.05, 4.69) is 44.6 Å². The number of hydrogen-bond acceptors (Lipinski definition) is 7. The molecule has 4 heterocycles. The van der Waals surface area contributed by atoms with Gasteiger partial charge in [0.2, 0.25) is 5.91 Å². The highest BCUT2D eigenvalue weighted by molar-refractivity contribution is 6.06. The lowest BCUT2D eigenvalue weighted by Gasteiger charge is -2.50. The van der Waals surface area contributed by atoms with E-state index in [1.165, 1.54) is 11.1 Å². The van der Waals surface area contributed by atoms with E-state index in [-0.39, 0.29) is 29.8 Å². The summed E-state index contributed by atoms with van der Waals surface area (Å²) < 4.78 is 21.5. The van der Waals surface area contributed by atoms with E-state index in [4.69, 9.17) is 4.52 Å². The number of hydrogen-bond donors (Lipinski definition) is 2. The number of nitrogens with zero attached hydrogens (tertiary/aromatic N) is 4. The summed E-state index contributed by atoms with van der Waals surface area (Å²) in [7, 11) is 0. The van der Waals surface area contributed by atoms with Crippen molar-refractivity contribution in [1.29, 1.82) is 0 Å². The van der Waals surface area contributed by atoms with E-state index < -0.39 is 22.9 Å². The Morgan fingerprint density at radius 2 is 1.86 bits per heavy atom. The minimum Gasteiger partial charge on any atom is -0.384 e. The SMILES string of the molecule is Cc1noc(C)c1-c1ccc(CN2CC[C@@](O)(c3ccc4ncc(N5CCC(=O)NC5=O)cc4c3F)C(C)(C)C2)cc1. The fraction of sp³-hybridized carbons (Fsp3) is 0.375. The molecule has 2 aliphatic rings. The van der Waals surface area contributed by atoms with Gasteiger partial charge < -0.3 is 9.63 Å². The highest BCUT2D eigenvalue weighted by Crippen LogP contribution is 2.48. The second-order valence-electron chi connectivity index (χ2n) is 12.0. The molecule has 2 aromatic carbocycles. The van der Waals surface area contributed by atoms with Gasteiger partial charge in [-0.05, 0) is 43.5 Å². The van der Waals surface area contributed by atoms with Gasteiger partial charge in [-0.2, -0.15) is 0 Å². The van der Waals surface area contributed by atoms with Crippen molar-refractivity contribution in [2.24, 2.45) is 5.41 Å². The van der Waals surface area contributed by atoms with Crippen molar-refractivity contribution < 1.29 is 23.6 Å². The summed E-state index contributed by atoms with van der Waals surface area (Å²) in [5, 5.41) is 18.6. The minimum absolute atomic E-state index is 0.155. The zero-order valence-electron chi connectivity index (χ0n) is 24.2. The number of aliphatic hydroxyl groups is 1. The number of carbonyl (C=O) groups excluding carboxylic acids is 2. The standard InChI is InChI=1S/C32H34FN5O4/c1-19-28(20(2)42-36-19)22-7-5-21(6-8-22)17-37-14-12-32(41,31(3,4)18-37)25-9-10-26-24(29(25)33)15-23(16-34-26)38-13-11-27(39)35-30(38)40/h5-10,15-16,41H,11-14,17-18H2,1-4H3,(H,35,39,40)/t32-/m1/s1. The van der Waals surface area contributed by atoms with Crippen LogP contribution in [0.3, 0.4) is 0 Å². The molecule has 42 heavy (non-hydrogen) atoms. The molecule has 0 aliphatic carbocycles. The number of rotatable bonds is 5. The van der Waals surface area contributed by atoms with Crippen LogP contribution in [0.1, 0.15) is 49.3 Å². The van der Waals surface area contributed by atoms with Crippen LogP contribution >= 0.6 is 0 Å². The summed E-state index contributed by atoms with van der Waals surface area (Å²) in [5.41, 5.74) is 3.03. The van der Waals surface area contributed by atoms with Crippen molar-refractivity contribution in [2.75, 3.05) is 24.5 Å². The molecule has 9 nitrogen and oxygen atoms in total. The van der Waals surface area contributed by atoms with Crippen molar-refractivity contribution in [3.05, 3.63) is 77.1 Å². The predicted molar refractivity (Wildman–Crippen MR) is 156 cm³/mol. The van der Waals surface area contributed by atoms with Gasteiger partial charge in [0.1, 0.15) is 11.6 Å². The minimum atomic E-state index is -1.42. The number of piperidine rings is 1. The Labute approximate surface area is 243 Å². The van der Waals surface area contributed by atoms with E-state index in [1.54, 1.807) is 18.2 Å². The molecule has 0 spiro atoms. The summed E-state index contributed by atoms with van der Waals surface area (Å²) in [6, 6.07) is 12.7. The van der Waals surface area contributed by atoms with E-state index in [1.807, 2.05) is 27.7 Å². The second kappa shape index (κ2) is 10.3. The maximum absolute atomic E-state index is 16.2. The fourth-order valence-electron chi connectivity index (χ4n) is 6.42. The number of benzene rings is 2. The maximum Gasteiger partial charge on any atom is 0.328 e. The third-order valence-corrected chi connectivity index (χ3v) is 8.81. The van der Waals surface area contributed by atoms with Gasteiger partial charge in [-0.25, -0.2) is 9.18 Å². The summed E-state index contributed by atoms with van der Waals surface area (Å²) in [6.07, 6.45) is 2.00. The average Bonchev–Trinajstić information content (AvgIpc) is 3.29. The zero-order valence-corrected chi connectivity index (χ0v) is 24.2. The Kier molecular flexibility index (Phi) is 6.86. The predicted octanol–water partition coefficient (Wildman–Crippen LogP) is 5.21. The smallest absolute Gasteiger partial charge is 0.328 e. The molecule has 3 amide bonds. The van der Waals surface area contributed by atoms with Crippen LogP contribution in [-0.2, 0) is 16.9 Å². The summed E-state index contributed by atoms with van der Waals surface area (Å²) in [6.45, 7) is 9.81. The Morgan fingerprint density at radius 1 is 1.10 bits per heavy atom. The Bertz CT molecular complexity index is 1680. The third kappa shape index (κ3) is 4.74. The molecule has 1 atom stereocenters. The summed E-state index contributed by atoms with van der Waals surface area (Å²) in [5.74, 6) is -0.101. The monoisotopic (exact) mass is 571 g/mol. The molecule has 4 aromatic rings. The molecule has 6 rings (SSSR count). The van der Waals surface area contributed by atoms with Gasteiger partial charge >= 0.3 is 6.03 Å². The fourth-order valence-corrected chi connectivity index (χ4v) is 6.42. The lowest BCUT2D eigenvalue weighted by atomic mass is 9.66. The first kappa shape index (κ1) is 28.0. The molecular weight excluding hydrogens is 537 g/mol. The number of aromatic nitrogens is 2. The van der Waals surface area contributed by atoms with E-state index in [0.29, 0.717) is 37.3 Å². The molecule has 2 saturated heterocycles. The zero-order chi connectivity index (χ0) is 29.8. The Morgan fingerprint density at radius 3 is 2.52 bits per heavy atom. The molecule has 0 saturated carbocycles. The topological polar surface area (TPSA) is 112 Å². The Hall–Kier alpha value is -4.15. The lowest BCUT2D eigenvalue weighted by Crippen LogP contribution is -2.55. The molecule has 0 radical (unpaired) electrons. The van der Waals surface area contributed by atoms with Gasteiger partial charge in [0.15, 0.2) is 0 Å². The number of pyridine rings is 1. The van der Waals surface area contributed by atoms with Crippen LogP contribution in [0.15, 0.2) is 53.2 Å². The van der Waals surface area contributed by atoms with Crippen LogP contribution in [0.4, 0.5) is 14.9 Å². The molecule has 0 bridgehead atoms. The molecule has 218 valence electrons. The molecular formula is C32H34FN5O4. The number of imide groups is 1. The van der Waals surface area contributed by atoms with Crippen LogP contribution in [0.25, 0.3) is 22.0 Å². The Balaban J connectivity index is 1.23. The first-order valence-corrected chi connectivity index (χ1v) is 14.1. The van der Waals surface area contributed by atoms with Crippen LogP contribution in [0.5, 0.6) is 0 Å². The third-order valence-electron chi connectivity index (χ3n) is 8.81. The molecule has 2 aromatic heterocycles. The largest absolute Gasteiger partial charge is 0.384 e. The van der Waals surface area contributed by atoms with Gasteiger partial charge in [0.25, 0.3) is 0 Å². The number of fused-ring (bicyclic) bond motifs is 1. The van der Waals surface area contributed by atoms with E-state index in [0.717, 1.165) is 28.1 Å². The highest BCUT2D eigenvalue weighted by atomic mass is 19.1. The van der Waals surface area contributed by atoms with Crippen molar-refractivity contribution in [2.45, 2.75) is 52.7 Å². The number of nitrogens with one attached hydrogen (secondary N) is 1. The number of carbonyl (C=O) groups is 2. The average molecular weight is 572 g/mol. The molecule has 2 fully saturated rings. The van der Waals surface area contributed by atoms with Crippen LogP contribution in [0, 0.1) is 25.1 Å². The quantitative estimate of drug-likeness (QED) is 0.338. The van der Waals surface area contributed by atoms with E-state index in [9.17, 15) is 14.7 Å². The van der Waals surface area contributed by atoms with Gasteiger partial charge in [0, 0.05) is 54.5 Å². The van der Waals surface area contributed by atoms with Crippen molar-refractivity contribution in [1.82, 2.24) is 20.4 Å². The summed E-state index contributed by atoms with van der Waals surface area (Å²) in [4.78, 5) is 31.9. The van der Waals surface area contributed by atoms with Gasteiger partial charge in [-0.15, -0.1) is 0 Å². The molecule has 10 heteroatoms. The van der Waals surface area contributed by atoms with Crippen LogP contribution < -0.4 is 10.2 Å². The number of urea groups is 1. The van der Waals surface area contributed by atoms with Crippen molar-refractivity contribution in [3.63, 3.8) is 0 Å². The first-order valence-electron chi connectivity index (χ1n) is 14.1. The van der Waals surface area contributed by atoms with Crippen LogP contribution in [0.2, 0.25) is 0 Å². The van der Waals surface area contributed by atoms with Crippen molar-refractivity contribution >= 4 is 28.5 Å². The van der Waals surface area contributed by atoms with Crippen LogP contribution in [-0.4, -0.2) is 51.7 Å². The number of anilines is 1. The normalized spacial score (nSPS) is 21.1. The van der Waals surface area contributed by atoms with Gasteiger partial charge in [0.05, 0.1) is 28.7 Å². The number of aryl methyl sites for hydroxylation is 2.